The highest BCUT2D eigenvalue weighted by Crippen LogP contribution is 2.67. The first-order chi connectivity index (χ1) is 12.4. The van der Waals surface area contributed by atoms with Crippen molar-refractivity contribution in [3.8, 4) is 0 Å². The summed E-state index contributed by atoms with van der Waals surface area (Å²) in [5.74, 6) is -0.722. The molecule has 2 saturated heterocycles. The van der Waals surface area contributed by atoms with Crippen LogP contribution in [0.3, 0.4) is 0 Å². The summed E-state index contributed by atoms with van der Waals surface area (Å²) in [5.41, 5.74) is 0.285. The Labute approximate surface area is 151 Å². The van der Waals surface area contributed by atoms with E-state index < -0.39 is 6.10 Å². The molecule has 2 aliphatic heterocycles. The van der Waals surface area contributed by atoms with Gasteiger partial charge in [-0.15, -0.1) is 0 Å². The maximum Gasteiger partial charge on any atom is 0.310 e. The average Bonchev–Trinajstić information content (AvgIpc) is 3.23. The Morgan fingerprint density at radius 3 is 2.81 bits per heavy atom. The van der Waals surface area contributed by atoms with E-state index in [0.29, 0.717) is 32.3 Å². The molecule has 3 heterocycles. The van der Waals surface area contributed by atoms with Crippen molar-refractivity contribution >= 4 is 11.9 Å². The Hall–Kier alpha value is -1.82. The van der Waals surface area contributed by atoms with Crippen LogP contribution in [0.25, 0.3) is 0 Å². The smallest absolute Gasteiger partial charge is 0.310 e. The number of fused-ring (bicyclic) bond motifs is 2. The molecule has 2 aliphatic carbocycles. The average molecular weight is 360 g/mol. The second kappa shape index (κ2) is 5.35. The van der Waals surface area contributed by atoms with Gasteiger partial charge < -0.3 is 19.0 Å². The molecule has 4 fully saturated rings. The number of hydrogen-bond acceptors (Lipinski definition) is 6. The van der Waals surface area contributed by atoms with Gasteiger partial charge in [0, 0.05) is 11.0 Å². The van der Waals surface area contributed by atoms with Crippen molar-refractivity contribution in [2.75, 3.05) is 6.61 Å². The maximum atomic E-state index is 12.8. The van der Waals surface area contributed by atoms with Gasteiger partial charge in [0.05, 0.1) is 37.1 Å². The molecular weight excluding hydrogens is 336 g/mol. The summed E-state index contributed by atoms with van der Waals surface area (Å²) < 4.78 is 16.4. The van der Waals surface area contributed by atoms with Gasteiger partial charge in [-0.3, -0.25) is 9.59 Å². The molecule has 26 heavy (non-hydrogen) atoms. The van der Waals surface area contributed by atoms with Crippen molar-refractivity contribution in [1.82, 2.24) is 0 Å². The van der Waals surface area contributed by atoms with Crippen molar-refractivity contribution < 1.29 is 28.6 Å². The number of furan rings is 1. The lowest BCUT2D eigenvalue weighted by atomic mass is 9.43. The zero-order valence-electron chi connectivity index (χ0n) is 14.8. The third kappa shape index (κ3) is 2.02. The number of aliphatic hydroxyl groups excluding tert-OH is 1. The third-order valence-corrected chi connectivity index (χ3v) is 7.74. The van der Waals surface area contributed by atoms with Gasteiger partial charge in [-0.25, -0.2) is 0 Å². The zero-order chi connectivity index (χ0) is 18.1. The van der Waals surface area contributed by atoms with E-state index in [1.54, 1.807) is 12.5 Å². The van der Waals surface area contributed by atoms with Crippen LogP contribution in [0.15, 0.2) is 23.0 Å². The van der Waals surface area contributed by atoms with Crippen LogP contribution >= 0.6 is 0 Å². The van der Waals surface area contributed by atoms with Crippen LogP contribution in [0.5, 0.6) is 0 Å². The van der Waals surface area contributed by atoms with Gasteiger partial charge in [0.25, 0.3) is 0 Å². The molecule has 2 saturated carbocycles. The normalized spacial score (nSPS) is 47.4. The van der Waals surface area contributed by atoms with Crippen molar-refractivity contribution in [3.05, 3.63) is 24.2 Å². The molecule has 4 aliphatic rings. The summed E-state index contributed by atoms with van der Waals surface area (Å²) >= 11 is 0. The summed E-state index contributed by atoms with van der Waals surface area (Å²) in [4.78, 5) is 25.2. The lowest BCUT2D eigenvalue weighted by Crippen LogP contribution is -2.60. The molecule has 1 aromatic rings. The highest BCUT2D eigenvalue weighted by molar-refractivity contribution is 5.78. The Balaban J connectivity index is 1.56. The van der Waals surface area contributed by atoms with Crippen molar-refractivity contribution in [3.63, 3.8) is 0 Å². The highest BCUT2D eigenvalue weighted by Gasteiger charge is 2.68. The summed E-state index contributed by atoms with van der Waals surface area (Å²) in [5, 5.41) is 10.5. The number of carbonyl (C=O) groups is 2. The molecule has 140 valence electrons. The van der Waals surface area contributed by atoms with E-state index in [9.17, 15) is 14.7 Å². The lowest BCUT2D eigenvalue weighted by molar-refractivity contribution is -0.205. The number of esters is 2. The summed E-state index contributed by atoms with van der Waals surface area (Å²) in [7, 11) is 0. The van der Waals surface area contributed by atoms with Crippen LogP contribution in [0.2, 0.25) is 0 Å². The molecule has 6 nitrogen and oxygen atoms in total. The van der Waals surface area contributed by atoms with E-state index >= 15 is 0 Å². The number of cyclic esters (lactones) is 2. The minimum Gasteiger partial charge on any atom is -0.472 e. The van der Waals surface area contributed by atoms with Crippen LogP contribution in [0.1, 0.15) is 50.7 Å². The molecule has 0 aromatic carbocycles. The predicted octanol–water partition coefficient (Wildman–Crippen LogP) is 2.61. The van der Waals surface area contributed by atoms with Crippen molar-refractivity contribution in [2.45, 2.75) is 51.2 Å². The SMILES string of the molecule is C[C@]12C[C@H](c3ccoc3)OC(=O)[C@@H]1CC[C@@]13COC(=O)[C@@H]1C[C@@H](O)C[C@H]23. The Bertz CT molecular complexity index is 741. The molecule has 0 radical (unpaired) electrons. The molecule has 0 bridgehead atoms. The van der Waals surface area contributed by atoms with Gasteiger partial charge in [0.15, 0.2) is 0 Å². The molecular formula is C20H24O6. The van der Waals surface area contributed by atoms with Crippen LogP contribution in [0, 0.1) is 28.6 Å². The fourth-order valence-corrected chi connectivity index (χ4v) is 6.50. The minimum atomic E-state index is -0.523. The Morgan fingerprint density at radius 1 is 1.19 bits per heavy atom. The second-order valence-electron chi connectivity index (χ2n) is 8.85. The Morgan fingerprint density at radius 2 is 2.04 bits per heavy atom. The molecule has 7 atom stereocenters. The predicted molar refractivity (Wildman–Crippen MR) is 88.6 cm³/mol. The molecule has 1 N–H and O–H groups in total. The number of ether oxygens (including phenoxy) is 2. The van der Waals surface area contributed by atoms with Crippen molar-refractivity contribution in [1.29, 1.82) is 0 Å². The standard InChI is InChI=1S/C20H24O6/c1-19-8-15(11-3-5-24-9-11)26-18(23)13(19)2-4-20-10-25-17(22)14(20)6-12(21)7-16(19)20/h3,5,9,12-16,21H,2,4,6-8,10H2,1H3/t12-,13+,14+,15-,16-,19+,20-/m1/s1. The summed E-state index contributed by atoms with van der Waals surface area (Å²) in [6.07, 6.45) is 5.63. The molecule has 1 spiro atoms. The van der Waals surface area contributed by atoms with E-state index in [-0.39, 0.29) is 46.6 Å². The molecule has 5 rings (SSSR count). The molecule has 0 amide bonds. The fraction of sp³-hybridized carbons (Fsp3) is 0.700. The second-order valence-corrected chi connectivity index (χ2v) is 8.85. The monoisotopic (exact) mass is 360 g/mol. The molecule has 6 heteroatoms. The topological polar surface area (TPSA) is 86.0 Å². The van der Waals surface area contributed by atoms with Crippen LogP contribution in [0.4, 0.5) is 0 Å². The van der Waals surface area contributed by atoms with Crippen LogP contribution in [-0.4, -0.2) is 29.8 Å². The van der Waals surface area contributed by atoms with Gasteiger partial charge in [-0.05, 0) is 49.5 Å². The maximum absolute atomic E-state index is 12.8. The van der Waals surface area contributed by atoms with Crippen molar-refractivity contribution in [2.24, 2.45) is 28.6 Å². The fourth-order valence-electron chi connectivity index (χ4n) is 6.50. The van der Waals surface area contributed by atoms with Gasteiger partial charge >= 0.3 is 11.9 Å². The number of hydrogen-bond donors (Lipinski definition) is 1. The van der Waals surface area contributed by atoms with Gasteiger partial charge in [-0.1, -0.05) is 6.92 Å². The quantitative estimate of drug-likeness (QED) is 0.775. The number of aliphatic hydroxyl groups is 1. The summed E-state index contributed by atoms with van der Waals surface area (Å²) in [6.45, 7) is 2.57. The third-order valence-electron chi connectivity index (χ3n) is 7.74. The largest absolute Gasteiger partial charge is 0.472 e. The summed E-state index contributed by atoms with van der Waals surface area (Å²) in [6, 6.07) is 1.83. The first kappa shape index (κ1) is 16.4. The van der Waals surface area contributed by atoms with Crippen LogP contribution < -0.4 is 0 Å². The first-order valence-corrected chi connectivity index (χ1v) is 9.51. The molecule has 0 unspecified atom stereocenters. The van der Waals surface area contributed by atoms with Crippen LogP contribution in [-0.2, 0) is 19.1 Å². The first-order valence-electron chi connectivity index (χ1n) is 9.51. The lowest BCUT2D eigenvalue weighted by Gasteiger charge is -2.60. The van der Waals surface area contributed by atoms with Gasteiger partial charge in [-0.2, -0.15) is 0 Å². The number of rotatable bonds is 1. The molecule has 1 aromatic heterocycles. The van der Waals surface area contributed by atoms with Gasteiger partial charge in [0.2, 0.25) is 0 Å². The van der Waals surface area contributed by atoms with Gasteiger partial charge in [0.1, 0.15) is 6.10 Å². The van der Waals surface area contributed by atoms with E-state index in [1.165, 1.54) is 0 Å². The van der Waals surface area contributed by atoms with E-state index in [1.807, 2.05) is 6.07 Å². The Kier molecular flexibility index (Phi) is 3.36. The highest BCUT2D eigenvalue weighted by atomic mass is 16.5. The zero-order valence-corrected chi connectivity index (χ0v) is 14.8. The number of carbonyl (C=O) groups excluding carboxylic acids is 2. The van der Waals surface area contributed by atoms with E-state index in [4.69, 9.17) is 13.9 Å². The van der Waals surface area contributed by atoms with E-state index in [0.717, 1.165) is 12.0 Å². The van der Waals surface area contributed by atoms with E-state index in [2.05, 4.69) is 6.92 Å². The minimum absolute atomic E-state index is 0.0659.